The summed E-state index contributed by atoms with van der Waals surface area (Å²) in [6.07, 6.45) is 1.74. The Morgan fingerprint density at radius 3 is 2.52 bits per heavy atom. The van der Waals surface area contributed by atoms with Crippen LogP contribution in [-0.4, -0.2) is 41.9 Å². The normalized spacial score (nSPS) is 15.5. The van der Waals surface area contributed by atoms with Crippen molar-refractivity contribution in [3.05, 3.63) is 65.8 Å². The molecule has 1 aromatic heterocycles. The summed E-state index contributed by atoms with van der Waals surface area (Å²) in [5, 5.41) is 6.63. The molecule has 0 unspecified atom stereocenters. The molecule has 1 N–H and O–H groups in total. The van der Waals surface area contributed by atoms with Crippen LogP contribution in [0.25, 0.3) is 0 Å². The molecular weight excluding hydrogens is 460 g/mol. The zero-order valence-electron chi connectivity index (χ0n) is 18.5. The van der Waals surface area contributed by atoms with Gasteiger partial charge in [-0.05, 0) is 62.1 Å². The summed E-state index contributed by atoms with van der Waals surface area (Å²) >= 11 is 1.43. The molecule has 4 rings (SSSR count). The van der Waals surface area contributed by atoms with E-state index in [0.29, 0.717) is 47.7 Å². The Morgan fingerprint density at radius 2 is 1.85 bits per heavy atom. The van der Waals surface area contributed by atoms with E-state index in [1.54, 1.807) is 47.6 Å². The predicted molar refractivity (Wildman–Crippen MR) is 127 cm³/mol. The second kappa shape index (κ2) is 10.1. The zero-order valence-corrected chi connectivity index (χ0v) is 20.2. The number of aryl methyl sites for hydroxylation is 1. The maximum absolute atomic E-state index is 12.9. The molecule has 0 bridgehead atoms. The number of aromatic nitrogens is 2. The monoisotopic (exact) mass is 486 g/mol. The number of rotatable bonds is 7. The van der Waals surface area contributed by atoms with Crippen LogP contribution in [0, 0.1) is 12.8 Å². The van der Waals surface area contributed by atoms with E-state index in [4.69, 9.17) is 4.52 Å². The number of carbonyl (C=O) groups is 1. The fraction of sp³-hybridized carbons (Fsp3) is 0.348. The van der Waals surface area contributed by atoms with Crippen LogP contribution < -0.4 is 5.32 Å². The summed E-state index contributed by atoms with van der Waals surface area (Å²) in [7, 11) is -3.52. The summed E-state index contributed by atoms with van der Waals surface area (Å²) in [5.74, 6) is 1.78. The van der Waals surface area contributed by atoms with E-state index in [0.717, 1.165) is 17.7 Å². The lowest BCUT2D eigenvalue weighted by Gasteiger charge is -2.29. The van der Waals surface area contributed by atoms with Crippen molar-refractivity contribution >= 4 is 33.4 Å². The lowest BCUT2D eigenvalue weighted by atomic mass is 10.0. The van der Waals surface area contributed by atoms with E-state index < -0.39 is 10.0 Å². The third kappa shape index (κ3) is 5.63. The Labute approximate surface area is 197 Å². The standard InChI is InChI=1S/C23H26N4O4S2/c1-16-11-13-27(14-12-16)33(29,30)19-9-7-18(8-10-19)25-23(28)20-5-3-4-6-21(20)32-15-22-24-17(2)26-31-22/h3-10,16H,11-15H2,1-2H3,(H,25,28). The molecule has 3 aromatic rings. The SMILES string of the molecule is Cc1noc(CSc2ccccc2C(=O)Nc2ccc(S(=O)(=O)N3CCC(C)CC3)cc2)n1. The second-order valence-corrected chi connectivity index (χ2v) is 11.0. The van der Waals surface area contributed by atoms with Crippen molar-refractivity contribution in [1.29, 1.82) is 0 Å². The van der Waals surface area contributed by atoms with Crippen LogP contribution in [0.4, 0.5) is 5.69 Å². The van der Waals surface area contributed by atoms with Crippen molar-refractivity contribution in [2.75, 3.05) is 18.4 Å². The summed E-state index contributed by atoms with van der Waals surface area (Å²) in [6.45, 7) is 4.98. The first kappa shape index (κ1) is 23.5. The molecule has 2 heterocycles. The summed E-state index contributed by atoms with van der Waals surface area (Å²) in [5.41, 5.74) is 1.04. The van der Waals surface area contributed by atoms with Gasteiger partial charge < -0.3 is 9.84 Å². The molecular formula is C23H26N4O4S2. The van der Waals surface area contributed by atoms with Gasteiger partial charge >= 0.3 is 0 Å². The molecule has 174 valence electrons. The largest absolute Gasteiger partial charge is 0.338 e. The number of amides is 1. The van der Waals surface area contributed by atoms with Gasteiger partial charge in [-0.1, -0.05) is 24.2 Å². The molecule has 1 fully saturated rings. The van der Waals surface area contributed by atoms with Gasteiger partial charge in [0, 0.05) is 23.7 Å². The molecule has 0 saturated carbocycles. The average molecular weight is 487 g/mol. The number of benzene rings is 2. The average Bonchev–Trinajstić information content (AvgIpc) is 3.23. The van der Waals surface area contributed by atoms with Crippen LogP contribution in [0.5, 0.6) is 0 Å². The van der Waals surface area contributed by atoms with Gasteiger partial charge in [0.2, 0.25) is 15.9 Å². The van der Waals surface area contributed by atoms with E-state index in [9.17, 15) is 13.2 Å². The van der Waals surface area contributed by atoms with Gasteiger partial charge in [0.05, 0.1) is 16.2 Å². The highest BCUT2D eigenvalue weighted by molar-refractivity contribution is 7.98. The first-order valence-corrected chi connectivity index (χ1v) is 13.2. The lowest BCUT2D eigenvalue weighted by Crippen LogP contribution is -2.37. The lowest BCUT2D eigenvalue weighted by molar-refractivity contribution is 0.102. The van der Waals surface area contributed by atoms with Gasteiger partial charge in [0.1, 0.15) is 0 Å². The quantitative estimate of drug-likeness (QED) is 0.495. The smallest absolute Gasteiger partial charge is 0.256 e. The van der Waals surface area contributed by atoms with Crippen molar-refractivity contribution < 1.29 is 17.7 Å². The maximum atomic E-state index is 12.9. The van der Waals surface area contributed by atoms with Gasteiger partial charge in [-0.15, -0.1) is 11.8 Å². The Bertz CT molecular complexity index is 1220. The molecule has 1 aliphatic rings. The van der Waals surface area contributed by atoms with Crippen LogP contribution in [0.15, 0.2) is 62.8 Å². The Morgan fingerprint density at radius 1 is 1.15 bits per heavy atom. The molecule has 1 aliphatic heterocycles. The van der Waals surface area contributed by atoms with E-state index in [1.165, 1.54) is 11.8 Å². The van der Waals surface area contributed by atoms with E-state index in [2.05, 4.69) is 22.4 Å². The Kier molecular flexibility index (Phi) is 7.16. The van der Waals surface area contributed by atoms with Crippen molar-refractivity contribution in [1.82, 2.24) is 14.4 Å². The third-order valence-electron chi connectivity index (χ3n) is 5.55. The highest BCUT2D eigenvalue weighted by Gasteiger charge is 2.28. The number of anilines is 1. The number of hydrogen-bond donors (Lipinski definition) is 1. The number of sulfonamides is 1. The zero-order chi connectivity index (χ0) is 23.4. The van der Waals surface area contributed by atoms with Gasteiger partial charge in [-0.2, -0.15) is 9.29 Å². The second-order valence-electron chi connectivity index (χ2n) is 8.09. The summed E-state index contributed by atoms with van der Waals surface area (Å²) < 4.78 is 32.5. The van der Waals surface area contributed by atoms with Gasteiger partial charge in [0.25, 0.3) is 5.91 Å². The van der Waals surface area contributed by atoms with E-state index >= 15 is 0 Å². The fourth-order valence-electron chi connectivity index (χ4n) is 3.60. The number of carbonyl (C=O) groups excluding carboxylic acids is 1. The highest BCUT2D eigenvalue weighted by Crippen LogP contribution is 2.27. The molecule has 2 aromatic carbocycles. The Hall–Kier alpha value is -2.69. The molecule has 0 radical (unpaired) electrons. The van der Waals surface area contributed by atoms with Gasteiger partial charge in [0.15, 0.2) is 5.82 Å². The van der Waals surface area contributed by atoms with E-state index in [1.807, 2.05) is 12.1 Å². The van der Waals surface area contributed by atoms with Gasteiger partial charge in [-0.25, -0.2) is 8.42 Å². The third-order valence-corrected chi connectivity index (χ3v) is 8.52. The maximum Gasteiger partial charge on any atom is 0.256 e. The van der Waals surface area contributed by atoms with Crippen molar-refractivity contribution in [3.63, 3.8) is 0 Å². The minimum absolute atomic E-state index is 0.237. The number of piperidine rings is 1. The van der Waals surface area contributed by atoms with Crippen LogP contribution in [0.1, 0.15) is 41.8 Å². The number of hydrogen-bond acceptors (Lipinski definition) is 7. The highest BCUT2D eigenvalue weighted by atomic mass is 32.2. The molecule has 0 spiro atoms. The van der Waals surface area contributed by atoms with Crippen LogP contribution in [0.2, 0.25) is 0 Å². The predicted octanol–water partition coefficient (Wildman–Crippen LogP) is 4.34. The minimum atomic E-state index is -3.52. The van der Waals surface area contributed by atoms with Crippen LogP contribution >= 0.6 is 11.8 Å². The first-order chi connectivity index (χ1) is 15.8. The minimum Gasteiger partial charge on any atom is -0.338 e. The molecule has 10 heteroatoms. The number of thioether (sulfide) groups is 1. The summed E-state index contributed by atoms with van der Waals surface area (Å²) in [6, 6.07) is 13.6. The van der Waals surface area contributed by atoms with E-state index in [-0.39, 0.29) is 10.8 Å². The van der Waals surface area contributed by atoms with Crippen LogP contribution in [-0.2, 0) is 15.8 Å². The molecule has 0 atom stereocenters. The number of nitrogens with zero attached hydrogens (tertiary/aromatic N) is 3. The Balaban J connectivity index is 1.43. The molecule has 33 heavy (non-hydrogen) atoms. The molecule has 1 saturated heterocycles. The number of nitrogens with one attached hydrogen (secondary N) is 1. The topological polar surface area (TPSA) is 105 Å². The van der Waals surface area contributed by atoms with Crippen molar-refractivity contribution in [2.45, 2.75) is 42.2 Å². The fourth-order valence-corrected chi connectivity index (χ4v) is 5.96. The summed E-state index contributed by atoms with van der Waals surface area (Å²) in [4.78, 5) is 18.1. The van der Waals surface area contributed by atoms with Gasteiger partial charge in [-0.3, -0.25) is 4.79 Å². The van der Waals surface area contributed by atoms with Crippen LogP contribution in [0.3, 0.4) is 0 Å². The molecule has 1 amide bonds. The first-order valence-electron chi connectivity index (χ1n) is 10.8. The molecule has 0 aliphatic carbocycles. The van der Waals surface area contributed by atoms with Crippen molar-refractivity contribution in [3.8, 4) is 0 Å². The molecule has 8 nitrogen and oxygen atoms in total. The van der Waals surface area contributed by atoms with Crippen molar-refractivity contribution in [2.24, 2.45) is 5.92 Å².